The Balaban J connectivity index is 2.45. The molecule has 0 spiro atoms. The van der Waals surface area contributed by atoms with Gasteiger partial charge in [-0.25, -0.2) is 0 Å². The van der Waals surface area contributed by atoms with Crippen molar-refractivity contribution in [1.29, 1.82) is 0 Å². The van der Waals surface area contributed by atoms with Gasteiger partial charge in [-0.3, -0.25) is 4.79 Å². The molecule has 3 heteroatoms. The van der Waals surface area contributed by atoms with Crippen LogP contribution in [0.4, 0.5) is 5.69 Å². The molecule has 0 bridgehead atoms. The lowest BCUT2D eigenvalue weighted by Gasteiger charge is -2.11. The van der Waals surface area contributed by atoms with Gasteiger partial charge in [0.05, 0.1) is 0 Å². The number of hydrogen-bond acceptors (Lipinski definition) is 2. The lowest BCUT2D eigenvalue weighted by Crippen LogP contribution is -2.22. The smallest absolute Gasteiger partial charge is 0.225 e. The average Bonchev–Trinajstić information content (AvgIpc) is 2.30. The predicted octanol–water partition coefficient (Wildman–Crippen LogP) is 2.63. The van der Waals surface area contributed by atoms with Crippen LogP contribution in [0.25, 0.3) is 0 Å². The second-order valence-electron chi connectivity index (χ2n) is 4.31. The summed E-state index contributed by atoms with van der Waals surface area (Å²) in [6.07, 6.45) is 1.62. The van der Waals surface area contributed by atoms with E-state index in [2.05, 4.69) is 17.6 Å². The van der Waals surface area contributed by atoms with Crippen LogP contribution in [-0.4, -0.2) is 19.0 Å². The molecule has 0 fully saturated rings. The minimum absolute atomic E-state index is 0.0750. The summed E-state index contributed by atoms with van der Waals surface area (Å²) in [6, 6.07) is 6.03. The number of para-hydroxylation sites is 1. The highest BCUT2D eigenvalue weighted by Gasteiger charge is 2.06. The Morgan fingerprint density at radius 2 is 1.82 bits per heavy atom. The fourth-order valence-corrected chi connectivity index (χ4v) is 1.72. The van der Waals surface area contributed by atoms with Crippen molar-refractivity contribution in [2.24, 2.45) is 0 Å². The zero-order chi connectivity index (χ0) is 12.7. The second kappa shape index (κ2) is 7.07. The Morgan fingerprint density at radius 1 is 1.18 bits per heavy atom. The van der Waals surface area contributed by atoms with Gasteiger partial charge in [0.1, 0.15) is 0 Å². The first kappa shape index (κ1) is 13.7. The van der Waals surface area contributed by atoms with E-state index in [1.165, 1.54) is 0 Å². The normalized spacial score (nSPS) is 10.3. The van der Waals surface area contributed by atoms with Crippen molar-refractivity contribution in [3.8, 4) is 0 Å². The summed E-state index contributed by atoms with van der Waals surface area (Å²) in [5.41, 5.74) is 3.17. The summed E-state index contributed by atoms with van der Waals surface area (Å²) in [5, 5.41) is 6.20. The third-order valence-electron chi connectivity index (χ3n) is 2.70. The van der Waals surface area contributed by atoms with Gasteiger partial charge in [0.2, 0.25) is 5.91 Å². The number of carbonyl (C=O) groups is 1. The molecule has 0 saturated carbocycles. The summed E-state index contributed by atoms with van der Waals surface area (Å²) in [7, 11) is 0. The van der Waals surface area contributed by atoms with Crippen LogP contribution in [0.5, 0.6) is 0 Å². The molecule has 1 aromatic rings. The van der Waals surface area contributed by atoms with E-state index in [1.54, 1.807) is 0 Å². The highest BCUT2D eigenvalue weighted by atomic mass is 16.1. The number of carbonyl (C=O) groups excluding carboxylic acids is 1. The van der Waals surface area contributed by atoms with E-state index < -0.39 is 0 Å². The van der Waals surface area contributed by atoms with Gasteiger partial charge in [-0.15, -0.1) is 0 Å². The maximum Gasteiger partial charge on any atom is 0.225 e. The number of nitrogens with one attached hydrogen (secondary N) is 2. The summed E-state index contributed by atoms with van der Waals surface area (Å²) < 4.78 is 0. The first-order chi connectivity index (χ1) is 8.15. The Kier molecular flexibility index (Phi) is 5.70. The number of benzene rings is 1. The topological polar surface area (TPSA) is 41.1 Å². The van der Waals surface area contributed by atoms with Crippen molar-refractivity contribution in [2.45, 2.75) is 33.6 Å². The first-order valence-electron chi connectivity index (χ1n) is 6.22. The molecule has 94 valence electrons. The molecular formula is C14H22N2O. The second-order valence-corrected chi connectivity index (χ2v) is 4.31. The van der Waals surface area contributed by atoms with E-state index in [4.69, 9.17) is 0 Å². The van der Waals surface area contributed by atoms with Crippen molar-refractivity contribution in [3.05, 3.63) is 29.3 Å². The molecule has 2 N–H and O–H groups in total. The first-order valence-corrected chi connectivity index (χ1v) is 6.22. The van der Waals surface area contributed by atoms with Crippen LogP contribution in [0, 0.1) is 13.8 Å². The van der Waals surface area contributed by atoms with Crippen LogP contribution in [0.1, 0.15) is 30.9 Å². The lowest BCUT2D eigenvalue weighted by atomic mass is 10.1. The summed E-state index contributed by atoms with van der Waals surface area (Å²) in [6.45, 7) is 7.85. The van der Waals surface area contributed by atoms with Gasteiger partial charge in [-0.05, 0) is 37.9 Å². The van der Waals surface area contributed by atoms with Gasteiger partial charge in [-0.1, -0.05) is 25.1 Å². The van der Waals surface area contributed by atoms with Gasteiger partial charge in [0.15, 0.2) is 0 Å². The minimum Gasteiger partial charge on any atom is -0.326 e. The zero-order valence-electron chi connectivity index (χ0n) is 11.0. The number of aryl methyl sites for hydroxylation is 2. The zero-order valence-corrected chi connectivity index (χ0v) is 11.0. The van der Waals surface area contributed by atoms with E-state index >= 15 is 0 Å². The summed E-state index contributed by atoms with van der Waals surface area (Å²) in [5.74, 6) is 0.0750. The quantitative estimate of drug-likeness (QED) is 0.743. The molecule has 0 radical (unpaired) electrons. The maximum absolute atomic E-state index is 11.7. The number of amides is 1. The molecule has 0 atom stereocenters. The van der Waals surface area contributed by atoms with E-state index in [0.717, 1.165) is 36.3 Å². The molecular weight excluding hydrogens is 212 g/mol. The van der Waals surface area contributed by atoms with Crippen molar-refractivity contribution >= 4 is 11.6 Å². The summed E-state index contributed by atoms with van der Waals surface area (Å²) >= 11 is 0. The van der Waals surface area contributed by atoms with Crippen molar-refractivity contribution < 1.29 is 4.79 Å². The molecule has 0 aromatic heterocycles. The number of rotatable bonds is 6. The fraction of sp³-hybridized carbons (Fsp3) is 0.500. The largest absolute Gasteiger partial charge is 0.326 e. The van der Waals surface area contributed by atoms with E-state index in [1.807, 2.05) is 32.0 Å². The highest BCUT2D eigenvalue weighted by Crippen LogP contribution is 2.19. The number of anilines is 1. The molecule has 0 unspecified atom stereocenters. The molecule has 1 amide bonds. The molecule has 3 nitrogen and oxygen atoms in total. The van der Waals surface area contributed by atoms with Crippen LogP contribution in [0.2, 0.25) is 0 Å². The third kappa shape index (κ3) is 4.57. The molecule has 17 heavy (non-hydrogen) atoms. The Bertz CT molecular complexity index is 354. The molecule has 0 aliphatic heterocycles. The minimum atomic E-state index is 0.0750. The van der Waals surface area contributed by atoms with Crippen LogP contribution < -0.4 is 10.6 Å². The van der Waals surface area contributed by atoms with E-state index in [9.17, 15) is 4.79 Å². The molecule has 0 aliphatic rings. The van der Waals surface area contributed by atoms with Crippen LogP contribution in [0.15, 0.2) is 18.2 Å². The monoisotopic (exact) mass is 234 g/mol. The molecule has 0 heterocycles. The molecule has 0 saturated heterocycles. The van der Waals surface area contributed by atoms with Crippen molar-refractivity contribution in [1.82, 2.24) is 5.32 Å². The van der Waals surface area contributed by atoms with Crippen molar-refractivity contribution in [2.75, 3.05) is 18.4 Å². The van der Waals surface area contributed by atoms with Gasteiger partial charge in [-0.2, -0.15) is 0 Å². The number of hydrogen-bond donors (Lipinski definition) is 2. The van der Waals surface area contributed by atoms with Crippen LogP contribution >= 0.6 is 0 Å². The van der Waals surface area contributed by atoms with Crippen LogP contribution in [0.3, 0.4) is 0 Å². The van der Waals surface area contributed by atoms with Gasteiger partial charge in [0.25, 0.3) is 0 Å². The predicted molar refractivity (Wildman–Crippen MR) is 72.3 cm³/mol. The Morgan fingerprint density at radius 3 is 2.41 bits per heavy atom. The van der Waals surface area contributed by atoms with Gasteiger partial charge < -0.3 is 10.6 Å². The lowest BCUT2D eigenvalue weighted by molar-refractivity contribution is -0.116. The van der Waals surface area contributed by atoms with Crippen molar-refractivity contribution in [3.63, 3.8) is 0 Å². The van der Waals surface area contributed by atoms with Crippen LogP contribution in [-0.2, 0) is 4.79 Å². The van der Waals surface area contributed by atoms with Gasteiger partial charge >= 0.3 is 0 Å². The molecule has 1 rings (SSSR count). The van der Waals surface area contributed by atoms with Gasteiger partial charge in [0, 0.05) is 18.7 Å². The third-order valence-corrected chi connectivity index (χ3v) is 2.70. The standard InChI is InChI=1S/C14H22N2O/c1-4-9-15-10-8-13(17)16-14-11(2)6-5-7-12(14)3/h5-7,15H,4,8-10H2,1-3H3,(H,16,17). The molecule has 1 aromatic carbocycles. The summed E-state index contributed by atoms with van der Waals surface area (Å²) in [4.78, 5) is 11.7. The average molecular weight is 234 g/mol. The Hall–Kier alpha value is -1.35. The molecule has 0 aliphatic carbocycles. The highest BCUT2D eigenvalue weighted by molar-refractivity contribution is 5.92. The maximum atomic E-state index is 11.7. The Labute approximate surface area is 104 Å². The van der Waals surface area contributed by atoms with E-state index in [-0.39, 0.29) is 5.91 Å². The van der Waals surface area contributed by atoms with E-state index in [0.29, 0.717) is 6.42 Å². The SMILES string of the molecule is CCCNCCC(=O)Nc1c(C)cccc1C. The fourth-order valence-electron chi connectivity index (χ4n) is 1.72.